The second kappa shape index (κ2) is 6.03. The van der Waals surface area contributed by atoms with Gasteiger partial charge in [-0.3, -0.25) is 4.79 Å². The molecule has 0 aromatic rings. The standard InChI is InChI=1S/C17H28BNO/c1-8-10-14-15(13(7)18)19(9-2)16(20)17(14,11(3)4)12(5)6/h8,10-12H,7,9,18H2,1-6H3/b10-8-. The third-order valence-corrected chi connectivity index (χ3v) is 4.44. The van der Waals surface area contributed by atoms with Crippen LogP contribution in [0.25, 0.3) is 0 Å². The summed E-state index contributed by atoms with van der Waals surface area (Å²) in [5, 5.41) is 0. The summed E-state index contributed by atoms with van der Waals surface area (Å²) in [5.74, 6) is 0.746. The Kier molecular flexibility index (Phi) is 5.07. The molecule has 110 valence electrons. The highest BCUT2D eigenvalue weighted by molar-refractivity contribution is 6.24. The highest BCUT2D eigenvalue weighted by atomic mass is 16.2. The van der Waals surface area contributed by atoms with Crippen molar-refractivity contribution in [2.24, 2.45) is 17.3 Å². The van der Waals surface area contributed by atoms with Gasteiger partial charge in [0.25, 0.3) is 0 Å². The van der Waals surface area contributed by atoms with Crippen LogP contribution in [0.2, 0.25) is 0 Å². The third-order valence-electron chi connectivity index (χ3n) is 4.44. The summed E-state index contributed by atoms with van der Waals surface area (Å²) in [5.41, 5.74) is 2.70. The van der Waals surface area contributed by atoms with Gasteiger partial charge in [-0.2, -0.15) is 0 Å². The largest absolute Gasteiger partial charge is 0.312 e. The number of carbonyl (C=O) groups is 1. The van der Waals surface area contributed by atoms with Gasteiger partial charge in [0.1, 0.15) is 7.85 Å². The fourth-order valence-corrected chi connectivity index (χ4v) is 3.71. The van der Waals surface area contributed by atoms with Gasteiger partial charge in [0, 0.05) is 12.2 Å². The zero-order valence-electron chi connectivity index (χ0n) is 14.1. The minimum atomic E-state index is -0.434. The summed E-state index contributed by atoms with van der Waals surface area (Å²) in [7, 11) is 1.99. The van der Waals surface area contributed by atoms with Crippen LogP contribution in [0.4, 0.5) is 0 Å². The first-order valence-electron chi connectivity index (χ1n) is 7.61. The first-order valence-corrected chi connectivity index (χ1v) is 7.61. The lowest BCUT2D eigenvalue weighted by atomic mass is 9.64. The molecule has 0 aromatic heterocycles. The Morgan fingerprint density at radius 1 is 1.35 bits per heavy atom. The molecule has 0 N–H and O–H groups in total. The Bertz CT molecular complexity index is 463. The molecule has 1 amide bonds. The molecule has 0 atom stereocenters. The number of amides is 1. The lowest BCUT2D eigenvalue weighted by molar-refractivity contribution is -0.139. The molecule has 0 bridgehead atoms. The number of carbonyl (C=O) groups excluding carboxylic acids is 1. The van der Waals surface area contributed by atoms with E-state index in [1.165, 1.54) is 0 Å². The predicted molar refractivity (Wildman–Crippen MR) is 89.0 cm³/mol. The van der Waals surface area contributed by atoms with Crippen molar-refractivity contribution in [2.75, 3.05) is 6.54 Å². The number of allylic oxidation sites excluding steroid dienone is 3. The summed E-state index contributed by atoms with van der Waals surface area (Å²) >= 11 is 0. The summed E-state index contributed by atoms with van der Waals surface area (Å²) in [6.07, 6.45) is 4.14. The van der Waals surface area contributed by atoms with Crippen LogP contribution in [0.15, 0.2) is 35.5 Å². The Morgan fingerprint density at radius 3 is 2.15 bits per heavy atom. The van der Waals surface area contributed by atoms with E-state index in [9.17, 15) is 4.79 Å². The van der Waals surface area contributed by atoms with Crippen LogP contribution in [0.1, 0.15) is 41.5 Å². The maximum absolute atomic E-state index is 13.2. The van der Waals surface area contributed by atoms with Gasteiger partial charge in [-0.25, -0.2) is 0 Å². The molecule has 0 aliphatic carbocycles. The molecule has 0 aromatic carbocycles. The van der Waals surface area contributed by atoms with E-state index >= 15 is 0 Å². The molecule has 1 heterocycles. The van der Waals surface area contributed by atoms with Crippen LogP contribution in [-0.4, -0.2) is 25.2 Å². The van der Waals surface area contributed by atoms with Crippen LogP contribution >= 0.6 is 0 Å². The number of hydrogen-bond donors (Lipinski definition) is 0. The van der Waals surface area contributed by atoms with Gasteiger partial charge in [0.2, 0.25) is 5.91 Å². The van der Waals surface area contributed by atoms with Gasteiger partial charge in [0.15, 0.2) is 0 Å². The van der Waals surface area contributed by atoms with Crippen LogP contribution in [-0.2, 0) is 4.79 Å². The molecule has 1 rings (SSSR count). The maximum atomic E-state index is 13.2. The smallest absolute Gasteiger partial charge is 0.238 e. The monoisotopic (exact) mass is 273 g/mol. The molecule has 0 fully saturated rings. The Balaban J connectivity index is 3.73. The summed E-state index contributed by atoms with van der Waals surface area (Å²) < 4.78 is 0. The van der Waals surface area contributed by atoms with E-state index < -0.39 is 5.41 Å². The van der Waals surface area contributed by atoms with E-state index in [2.05, 4.69) is 40.3 Å². The van der Waals surface area contributed by atoms with E-state index in [-0.39, 0.29) is 17.7 Å². The number of hydrogen-bond acceptors (Lipinski definition) is 1. The number of nitrogens with zero attached hydrogens (tertiary/aromatic N) is 1. The number of likely N-dealkylation sites (N-methyl/N-ethyl adjacent to an activating group) is 1. The van der Waals surface area contributed by atoms with Crippen molar-refractivity contribution >= 4 is 13.8 Å². The third kappa shape index (κ3) is 2.17. The quantitative estimate of drug-likeness (QED) is 0.705. The number of rotatable bonds is 5. The summed E-state index contributed by atoms with van der Waals surface area (Å²) in [6.45, 7) is 17.4. The van der Waals surface area contributed by atoms with Crippen molar-refractivity contribution in [3.8, 4) is 0 Å². The summed E-state index contributed by atoms with van der Waals surface area (Å²) in [6, 6.07) is 0. The molecule has 20 heavy (non-hydrogen) atoms. The second-order valence-electron chi connectivity index (χ2n) is 6.27. The van der Waals surface area contributed by atoms with Crippen LogP contribution in [0, 0.1) is 17.3 Å². The zero-order chi connectivity index (χ0) is 15.7. The lowest BCUT2D eigenvalue weighted by Gasteiger charge is -2.37. The molecular formula is C17H28BNO. The normalized spacial score (nSPS) is 19.0. The fraction of sp³-hybridized carbons (Fsp3) is 0.588. The molecule has 0 spiro atoms. The molecule has 0 radical (unpaired) electrons. The van der Waals surface area contributed by atoms with Gasteiger partial charge < -0.3 is 4.90 Å². The Hall–Kier alpha value is -1.25. The van der Waals surface area contributed by atoms with Crippen LogP contribution < -0.4 is 0 Å². The second-order valence-corrected chi connectivity index (χ2v) is 6.27. The van der Waals surface area contributed by atoms with Crippen molar-refractivity contribution in [2.45, 2.75) is 41.5 Å². The highest BCUT2D eigenvalue weighted by Gasteiger charge is 2.54. The Labute approximate surface area is 125 Å². The van der Waals surface area contributed by atoms with Gasteiger partial charge in [-0.1, -0.05) is 45.3 Å². The van der Waals surface area contributed by atoms with Gasteiger partial charge in [-0.05, 0) is 31.3 Å². The SMILES string of the molecule is BC(=C)C1=C(/C=C\C)C(C(C)C)(C(C)C)C(=O)N1CC. The topological polar surface area (TPSA) is 20.3 Å². The van der Waals surface area contributed by atoms with Gasteiger partial charge >= 0.3 is 0 Å². The molecule has 2 nitrogen and oxygen atoms in total. The van der Waals surface area contributed by atoms with Gasteiger partial charge in [-0.15, -0.1) is 6.58 Å². The van der Waals surface area contributed by atoms with E-state index in [1.54, 1.807) is 0 Å². The van der Waals surface area contributed by atoms with Crippen LogP contribution in [0.3, 0.4) is 0 Å². The van der Waals surface area contributed by atoms with Crippen molar-refractivity contribution in [3.05, 3.63) is 35.5 Å². The fourth-order valence-electron chi connectivity index (χ4n) is 3.71. The maximum Gasteiger partial charge on any atom is 0.238 e. The van der Waals surface area contributed by atoms with Crippen molar-refractivity contribution in [1.82, 2.24) is 4.90 Å². The Morgan fingerprint density at radius 2 is 1.85 bits per heavy atom. The molecule has 3 heteroatoms. The van der Waals surface area contributed by atoms with Gasteiger partial charge in [0.05, 0.1) is 5.41 Å². The van der Waals surface area contributed by atoms with E-state index in [4.69, 9.17) is 0 Å². The van der Waals surface area contributed by atoms with Crippen molar-refractivity contribution in [3.63, 3.8) is 0 Å². The zero-order valence-corrected chi connectivity index (χ0v) is 14.1. The molecule has 0 unspecified atom stereocenters. The van der Waals surface area contributed by atoms with Crippen molar-refractivity contribution < 1.29 is 4.79 Å². The lowest BCUT2D eigenvalue weighted by Crippen LogP contribution is -2.44. The molecule has 0 saturated heterocycles. The minimum absolute atomic E-state index is 0.233. The first kappa shape index (κ1) is 16.8. The van der Waals surface area contributed by atoms with E-state index in [0.29, 0.717) is 6.54 Å². The molecule has 1 aliphatic heterocycles. The average Bonchev–Trinajstić information content (AvgIpc) is 2.59. The van der Waals surface area contributed by atoms with Crippen molar-refractivity contribution in [1.29, 1.82) is 0 Å². The average molecular weight is 273 g/mol. The highest BCUT2D eigenvalue weighted by Crippen LogP contribution is 2.52. The molecular weight excluding hydrogens is 245 g/mol. The van der Waals surface area contributed by atoms with Crippen LogP contribution in [0.5, 0.6) is 0 Å². The van der Waals surface area contributed by atoms with E-state index in [0.717, 1.165) is 16.7 Å². The predicted octanol–water partition coefficient (Wildman–Crippen LogP) is 3.12. The summed E-state index contributed by atoms with van der Waals surface area (Å²) in [4.78, 5) is 15.1. The molecule has 0 saturated carbocycles. The van der Waals surface area contributed by atoms with E-state index in [1.807, 2.05) is 32.7 Å². The minimum Gasteiger partial charge on any atom is -0.312 e. The molecule has 1 aliphatic rings. The first-order chi connectivity index (χ1) is 9.26.